The zero-order valence-corrected chi connectivity index (χ0v) is 16.2. The fourth-order valence-corrected chi connectivity index (χ4v) is 2.25. The molecule has 0 fully saturated rings. The Morgan fingerprint density at radius 2 is 1.50 bits per heavy atom. The third-order valence-corrected chi connectivity index (χ3v) is 3.80. The zero-order chi connectivity index (χ0) is 19.3. The van der Waals surface area contributed by atoms with Crippen LogP contribution in [0.3, 0.4) is 0 Å². The van der Waals surface area contributed by atoms with Crippen molar-refractivity contribution in [3.63, 3.8) is 0 Å². The van der Waals surface area contributed by atoms with Crippen LogP contribution in [0.25, 0.3) is 0 Å². The van der Waals surface area contributed by atoms with Crippen LogP contribution in [0.2, 0.25) is 0 Å². The van der Waals surface area contributed by atoms with Crippen LogP contribution < -0.4 is 16.0 Å². The molecule has 0 aromatic heterocycles. The van der Waals surface area contributed by atoms with Gasteiger partial charge in [-0.3, -0.25) is 14.9 Å². The van der Waals surface area contributed by atoms with Crippen molar-refractivity contribution >= 4 is 40.5 Å². The van der Waals surface area contributed by atoms with Crippen LogP contribution in [0.5, 0.6) is 0 Å². The molecule has 0 aliphatic heterocycles. The van der Waals surface area contributed by atoms with Gasteiger partial charge in [0.15, 0.2) is 5.11 Å². The molecule has 3 N–H and O–H groups in total. The van der Waals surface area contributed by atoms with Crippen molar-refractivity contribution in [1.29, 1.82) is 0 Å². The van der Waals surface area contributed by atoms with Gasteiger partial charge in [0.05, 0.1) is 0 Å². The van der Waals surface area contributed by atoms with E-state index < -0.39 is 5.41 Å². The molecular formula is C20H23N3O2S. The van der Waals surface area contributed by atoms with Gasteiger partial charge in [-0.1, -0.05) is 44.5 Å². The molecule has 0 bridgehead atoms. The van der Waals surface area contributed by atoms with E-state index in [1.165, 1.54) is 0 Å². The number of amides is 2. The average Bonchev–Trinajstić information content (AvgIpc) is 2.54. The van der Waals surface area contributed by atoms with E-state index >= 15 is 0 Å². The van der Waals surface area contributed by atoms with Crippen molar-refractivity contribution in [3.8, 4) is 0 Å². The maximum absolute atomic E-state index is 12.2. The quantitative estimate of drug-likeness (QED) is 0.712. The van der Waals surface area contributed by atoms with E-state index in [0.717, 1.165) is 5.56 Å². The number of hydrogen-bond donors (Lipinski definition) is 3. The van der Waals surface area contributed by atoms with Crippen molar-refractivity contribution in [2.75, 3.05) is 10.6 Å². The summed E-state index contributed by atoms with van der Waals surface area (Å²) < 4.78 is 0. The van der Waals surface area contributed by atoms with Gasteiger partial charge in [-0.2, -0.15) is 0 Å². The normalized spacial score (nSPS) is 10.8. The standard InChI is InChI=1S/C20H23N3O2S/c1-13-8-10-14(11-9-13)17(24)23-19(26)22-16-7-5-6-15(12-16)21-18(25)20(2,3)4/h5-12H,1-4H3,(H,21,25)(H2,22,23,24,26). The third-order valence-electron chi connectivity index (χ3n) is 3.60. The van der Waals surface area contributed by atoms with Gasteiger partial charge >= 0.3 is 0 Å². The summed E-state index contributed by atoms with van der Waals surface area (Å²) >= 11 is 5.20. The highest BCUT2D eigenvalue weighted by molar-refractivity contribution is 7.80. The van der Waals surface area contributed by atoms with Crippen molar-refractivity contribution in [1.82, 2.24) is 5.32 Å². The highest BCUT2D eigenvalue weighted by atomic mass is 32.1. The van der Waals surface area contributed by atoms with Crippen LogP contribution in [0.4, 0.5) is 11.4 Å². The summed E-state index contributed by atoms with van der Waals surface area (Å²) in [5.74, 6) is -0.357. The van der Waals surface area contributed by atoms with Gasteiger partial charge in [0, 0.05) is 22.4 Å². The van der Waals surface area contributed by atoms with Gasteiger partial charge in [-0.15, -0.1) is 0 Å². The SMILES string of the molecule is Cc1ccc(C(=O)NC(=S)Nc2cccc(NC(=O)C(C)(C)C)c2)cc1. The second-order valence-corrected chi connectivity index (χ2v) is 7.47. The molecule has 2 amide bonds. The van der Waals surface area contributed by atoms with Gasteiger partial charge in [0.25, 0.3) is 5.91 Å². The molecular weight excluding hydrogens is 346 g/mol. The van der Waals surface area contributed by atoms with Crippen LogP contribution in [-0.2, 0) is 4.79 Å². The summed E-state index contributed by atoms with van der Waals surface area (Å²) in [7, 11) is 0. The Balaban J connectivity index is 1.98. The zero-order valence-electron chi connectivity index (χ0n) is 15.3. The highest BCUT2D eigenvalue weighted by Crippen LogP contribution is 2.20. The number of carbonyl (C=O) groups excluding carboxylic acids is 2. The minimum absolute atomic E-state index is 0.0788. The van der Waals surface area contributed by atoms with E-state index in [2.05, 4.69) is 16.0 Å². The molecule has 0 aliphatic carbocycles. The maximum Gasteiger partial charge on any atom is 0.257 e. The number of aryl methyl sites for hydroxylation is 1. The Bertz CT molecular complexity index is 824. The monoisotopic (exact) mass is 369 g/mol. The number of nitrogens with one attached hydrogen (secondary N) is 3. The Kier molecular flexibility index (Phi) is 6.10. The van der Waals surface area contributed by atoms with Crippen molar-refractivity contribution < 1.29 is 9.59 Å². The molecule has 0 radical (unpaired) electrons. The minimum Gasteiger partial charge on any atom is -0.332 e. The molecule has 6 heteroatoms. The fourth-order valence-electron chi connectivity index (χ4n) is 2.04. The molecule has 2 aromatic carbocycles. The number of benzene rings is 2. The minimum atomic E-state index is -0.485. The molecule has 5 nitrogen and oxygen atoms in total. The number of anilines is 2. The molecule has 0 saturated heterocycles. The first-order chi connectivity index (χ1) is 12.1. The molecule has 136 valence electrons. The number of carbonyl (C=O) groups is 2. The van der Waals surface area contributed by atoms with Crippen LogP contribution in [0.15, 0.2) is 48.5 Å². The number of rotatable bonds is 3. The van der Waals surface area contributed by atoms with Gasteiger partial charge in [0.1, 0.15) is 0 Å². The highest BCUT2D eigenvalue weighted by Gasteiger charge is 2.21. The van der Waals surface area contributed by atoms with E-state index in [0.29, 0.717) is 16.9 Å². The van der Waals surface area contributed by atoms with E-state index in [1.54, 1.807) is 36.4 Å². The lowest BCUT2D eigenvalue weighted by atomic mass is 9.95. The van der Waals surface area contributed by atoms with Crippen LogP contribution in [0.1, 0.15) is 36.7 Å². The lowest BCUT2D eigenvalue weighted by Crippen LogP contribution is -2.34. The Labute approximate surface area is 159 Å². The second-order valence-electron chi connectivity index (χ2n) is 7.06. The smallest absolute Gasteiger partial charge is 0.257 e. The summed E-state index contributed by atoms with van der Waals surface area (Å²) in [5, 5.41) is 8.64. The summed E-state index contributed by atoms with van der Waals surface area (Å²) in [4.78, 5) is 24.3. The van der Waals surface area contributed by atoms with Crippen LogP contribution in [-0.4, -0.2) is 16.9 Å². The molecule has 0 aliphatic rings. The van der Waals surface area contributed by atoms with Gasteiger partial charge < -0.3 is 10.6 Å². The number of hydrogen-bond acceptors (Lipinski definition) is 3. The van der Waals surface area contributed by atoms with E-state index in [1.807, 2.05) is 39.8 Å². The van der Waals surface area contributed by atoms with Gasteiger partial charge in [-0.05, 0) is 49.5 Å². The molecule has 2 aromatic rings. The summed E-state index contributed by atoms with van der Waals surface area (Å²) in [5.41, 5.74) is 2.46. The molecule has 26 heavy (non-hydrogen) atoms. The van der Waals surface area contributed by atoms with Crippen molar-refractivity contribution in [2.24, 2.45) is 5.41 Å². The Morgan fingerprint density at radius 1 is 0.923 bits per heavy atom. The first kappa shape index (κ1) is 19.6. The lowest BCUT2D eigenvalue weighted by Gasteiger charge is -2.18. The van der Waals surface area contributed by atoms with Gasteiger partial charge in [0.2, 0.25) is 5.91 Å². The molecule has 0 atom stereocenters. The van der Waals surface area contributed by atoms with Crippen molar-refractivity contribution in [3.05, 3.63) is 59.7 Å². The Morgan fingerprint density at radius 3 is 2.08 bits per heavy atom. The average molecular weight is 369 g/mol. The van der Waals surface area contributed by atoms with Crippen molar-refractivity contribution in [2.45, 2.75) is 27.7 Å². The van der Waals surface area contributed by atoms with Crippen LogP contribution >= 0.6 is 12.2 Å². The second kappa shape index (κ2) is 8.10. The molecule has 0 heterocycles. The molecule has 0 saturated carbocycles. The van der Waals surface area contributed by atoms with Gasteiger partial charge in [-0.25, -0.2) is 0 Å². The summed E-state index contributed by atoms with van der Waals surface area (Å²) in [6.07, 6.45) is 0. The molecule has 0 spiro atoms. The Hall–Kier alpha value is -2.73. The van der Waals surface area contributed by atoms with E-state index in [-0.39, 0.29) is 16.9 Å². The third kappa shape index (κ3) is 5.67. The molecule has 2 rings (SSSR count). The first-order valence-electron chi connectivity index (χ1n) is 8.26. The maximum atomic E-state index is 12.2. The lowest BCUT2D eigenvalue weighted by molar-refractivity contribution is -0.123. The topological polar surface area (TPSA) is 70.2 Å². The summed E-state index contributed by atoms with van der Waals surface area (Å²) in [6, 6.07) is 14.4. The van der Waals surface area contributed by atoms with Crippen LogP contribution in [0, 0.1) is 12.3 Å². The number of thiocarbonyl (C=S) groups is 1. The van der Waals surface area contributed by atoms with E-state index in [9.17, 15) is 9.59 Å². The largest absolute Gasteiger partial charge is 0.332 e. The van der Waals surface area contributed by atoms with E-state index in [4.69, 9.17) is 12.2 Å². The first-order valence-corrected chi connectivity index (χ1v) is 8.66. The predicted octanol–water partition coefficient (Wildman–Crippen LogP) is 4.11. The fraction of sp³-hybridized carbons (Fsp3) is 0.250. The molecule has 0 unspecified atom stereocenters. The predicted molar refractivity (Wildman–Crippen MR) is 109 cm³/mol. The summed E-state index contributed by atoms with van der Waals surface area (Å²) in [6.45, 7) is 7.50.